The van der Waals surface area contributed by atoms with E-state index in [1.54, 1.807) is 31.2 Å². The highest BCUT2D eigenvalue weighted by atomic mass is 32.1. The molecule has 1 amide bonds. The van der Waals surface area contributed by atoms with Crippen molar-refractivity contribution in [3.8, 4) is 0 Å². The van der Waals surface area contributed by atoms with E-state index in [9.17, 15) is 13.6 Å². The van der Waals surface area contributed by atoms with Crippen molar-refractivity contribution >= 4 is 23.2 Å². The zero-order valence-electron chi connectivity index (χ0n) is 18.0. The molecule has 1 aliphatic carbocycles. The normalized spacial score (nSPS) is 24.4. The average Bonchev–Trinajstić information content (AvgIpc) is 3.25. The molecule has 6 nitrogen and oxygen atoms in total. The Morgan fingerprint density at radius 2 is 1.55 bits per heavy atom. The average molecular weight is 468 g/mol. The van der Waals surface area contributed by atoms with Crippen molar-refractivity contribution in [1.29, 1.82) is 0 Å². The van der Waals surface area contributed by atoms with Crippen molar-refractivity contribution < 1.29 is 13.6 Å². The highest BCUT2D eigenvalue weighted by Gasteiger charge is 2.45. The summed E-state index contributed by atoms with van der Waals surface area (Å²) in [4.78, 5) is 13.1. The Kier molecular flexibility index (Phi) is 5.99. The van der Waals surface area contributed by atoms with Crippen LogP contribution in [0.3, 0.4) is 0 Å². The van der Waals surface area contributed by atoms with Crippen LogP contribution in [0.25, 0.3) is 0 Å². The monoisotopic (exact) mass is 467 g/mol. The molecule has 1 saturated heterocycles. The summed E-state index contributed by atoms with van der Waals surface area (Å²) in [5.74, 6) is -0.816. The summed E-state index contributed by atoms with van der Waals surface area (Å²) in [6.45, 7) is 1.74. The van der Waals surface area contributed by atoms with Crippen LogP contribution >= 0.6 is 11.5 Å². The molecule has 4 unspecified atom stereocenters. The van der Waals surface area contributed by atoms with Crippen LogP contribution in [0.2, 0.25) is 0 Å². The minimum Gasteiger partial charge on any atom is -0.302 e. The van der Waals surface area contributed by atoms with Gasteiger partial charge in [-0.05, 0) is 66.7 Å². The van der Waals surface area contributed by atoms with Crippen molar-refractivity contribution in [2.24, 2.45) is 16.9 Å². The predicted octanol–water partition coefficient (Wildman–Crippen LogP) is 4.71. The second-order valence-corrected chi connectivity index (χ2v) is 9.29. The third-order valence-corrected chi connectivity index (χ3v) is 7.38. The number of piperidine rings is 1. The van der Waals surface area contributed by atoms with Gasteiger partial charge in [0.2, 0.25) is 0 Å². The first-order chi connectivity index (χ1) is 16.0. The van der Waals surface area contributed by atoms with E-state index in [1.807, 2.05) is 0 Å². The maximum absolute atomic E-state index is 13.6. The molecule has 3 aromatic rings. The first-order valence-corrected chi connectivity index (χ1v) is 11.7. The summed E-state index contributed by atoms with van der Waals surface area (Å²) in [6, 6.07) is 12.7. The van der Waals surface area contributed by atoms with E-state index in [0.29, 0.717) is 10.6 Å². The summed E-state index contributed by atoms with van der Waals surface area (Å²) < 4.78 is 31.0. The van der Waals surface area contributed by atoms with E-state index in [4.69, 9.17) is 0 Å². The fraction of sp³-hybridized carbons (Fsp3) is 0.333. The van der Waals surface area contributed by atoms with E-state index in [0.717, 1.165) is 47.6 Å². The molecule has 1 aliphatic heterocycles. The van der Waals surface area contributed by atoms with Crippen LogP contribution in [-0.2, 0) is 0 Å². The van der Waals surface area contributed by atoms with Crippen LogP contribution in [0.15, 0.2) is 53.6 Å². The number of aryl methyl sites for hydroxylation is 1. The fourth-order valence-electron chi connectivity index (χ4n) is 5.00. The van der Waals surface area contributed by atoms with E-state index >= 15 is 0 Å². The Bertz CT molecular complexity index is 1120. The maximum Gasteiger partial charge on any atom is 0.285 e. The van der Waals surface area contributed by atoms with Crippen molar-refractivity contribution in [1.82, 2.24) is 20.3 Å². The maximum atomic E-state index is 13.6. The molecule has 2 aromatic carbocycles. The number of carbonyl (C=O) groups is 1. The largest absolute Gasteiger partial charge is 0.302 e. The summed E-state index contributed by atoms with van der Waals surface area (Å²) in [5.41, 5.74) is 6.10. The minimum atomic E-state index is -0.330. The van der Waals surface area contributed by atoms with Crippen molar-refractivity contribution in [3.63, 3.8) is 0 Å². The molecule has 2 N–H and O–H groups in total. The zero-order valence-corrected chi connectivity index (χ0v) is 18.8. The molecule has 33 heavy (non-hydrogen) atoms. The van der Waals surface area contributed by atoms with Crippen LogP contribution in [0.1, 0.15) is 57.8 Å². The van der Waals surface area contributed by atoms with Crippen LogP contribution in [-0.4, -0.2) is 21.2 Å². The van der Waals surface area contributed by atoms with E-state index in [1.165, 1.54) is 24.3 Å². The van der Waals surface area contributed by atoms with Gasteiger partial charge in [-0.2, -0.15) is 5.10 Å². The number of nitrogens with zero attached hydrogens (tertiary/aromatic N) is 3. The fourth-order valence-corrected chi connectivity index (χ4v) is 5.54. The number of amides is 1. The number of hydrogen-bond acceptors (Lipinski definition) is 6. The highest BCUT2D eigenvalue weighted by Crippen LogP contribution is 2.46. The number of halogens is 2. The lowest BCUT2D eigenvalue weighted by Gasteiger charge is -2.47. The lowest BCUT2D eigenvalue weighted by molar-refractivity contribution is 0.0956. The third-order valence-electron chi connectivity index (χ3n) is 6.56. The van der Waals surface area contributed by atoms with Gasteiger partial charge in [0.05, 0.1) is 5.69 Å². The highest BCUT2D eigenvalue weighted by molar-refractivity contribution is 7.08. The Balaban J connectivity index is 1.52. The van der Waals surface area contributed by atoms with Gasteiger partial charge in [-0.25, -0.2) is 14.2 Å². The van der Waals surface area contributed by atoms with Gasteiger partial charge in [-0.15, -0.1) is 5.10 Å². The standard InChI is InChI=1S/C24H23F2N5OS/c1-13-23(33-31-28-13)24(32)30-29-22-18-3-2-4-19(22)21(15-7-11-17(26)12-8-15)27-20(18)14-5-9-16(25)10-6-14/h5-12,18-21,27H,2-4H2,1H3,(H,30,32). The quantitative estimate of drug-likeness (QED) is 0.545. The van der Waals surface area contributed by atoms with Gasteiger partial charge >= 0.3 is 0 Å². The van der Waals surface area contributed by atoms with Gasteiger partial charge in [0.1, 0.15) is 16.5 Å². The predicted molar refractivity (Wildman–Crippen MR) is 122 cm³/mol. The molecule has 2 bridgehead atoms. The molecule has 2 aliphatic rings. The Morgan fingerprint density at radius 3 is 2.03 bits per heavy atom. The number of carbonyl (C=O) groups excluding carboxylic acids is 1. The minimum absolute atomic E-state index is 0.0480. The summed E-state index contributed by atoms with van der Waals surface area (Å²) in [7, 11) is 0. The van der Waals surface area contributed by atoms with Crippen LogP contribution < -0.4 is 10.7 Å². The Hall–Kier alpha value is -3.04. The molecule has 170 valence electrons. The summed E-state index contributed by atoms with van der Waals surface area (Å²) in [5, 5.41) is 12.3. The second kappa shape index (κ2) is 9.07. The topological polar surface area (TPSA) is 79.3 Å². The Labute approximate surface area is 194 Å². The number of aromatic nitrogens is 2. The van der Waals surface area contributed by atoms with Crippen LogP contribution in [0.5, 0.6) is 0 Å². The van der Waals surface area contributed by atoms with E-state index in [2.05, 4.69) is 25.4 Å². The van der Waals surface area contributed by atoms with Crippen LogP contribution in [0, 0.1) is 30.4 Å². The number of nitrogens with one attached hydrogen (secondary N) is 2. The SMILES string of the molecule is Cc1nnsc1C(=O)NN=C1C2CCCC1C(c1ccc(F)cc1)NC2c1ccc(F)cc1. The first kappa shape index (κ1) is 21.8. The number of rotatable bonds is 4. The second-order valence-electron chi connectivity index (χ2n) is 8.53. The van der Waals surface area contributed by atoms with Crippen molar-refractivity contribution in [2.45, 2.75) is 38.3 Å². The van der Waals surface area contributed by atoms with Gasteiger partial charge in [0, 0.05) is 29.6 Å². The molecule has 4 atom stereocenters. The molecular formula is C24H23F2N5OS. The van der Waals surface area contributed by atoms with Gasteiger partial charge in [0.25, 0.3) is 5.91 Å². The molecule has 9 heteroatoms. The van der Waals surface area contributed by atoms with E-state index in [-0.39, 0.29) is 41.5 Å². The number of fused-ring (bicyclic) bond motifs is 2. The molecule has 2 fully saturated rings. The van der Waals surface area contributed by atoms with Gasteiger partial charge in [-0.3, -0.25) is 4.79 Å². The lowest BCUT2D eigenvalue weighted by Crippen LogP contribution is -2.51. The van der Waals surface area contributed by atoms with Gasteiger partial charge < -0.3 is 5.32 Å². The molecule has 0 spiro atoms. The van der Waals surface area contributed by atoms with Crippen molar-refractivity contribution in [2.75, 3.05) is 0 Å². The smallest absolute Gasteiger partial charge is 0.285 e. The summed E-state index contributed by atoms with van der Waals surface area (Å²) >= 11 is 1.04. The van der Waals surface area contributed by atoms with Gasteiger partial charge in [0.15, 0.2) is 0 Å². The zero-order chi connectivity index (χ0) is 22.9. The van der Waals surface area contributed by atoms with Crippen LogP contribution in [0.4, 0.5) is 8.78 Å². The summed E-state index contributed by atoms with van der Waals surface area (Å²) in [6.07, 6.45) is 2.81. The third kappa shape index (κ3) is 4.30. The number of benzene rings is 2. The van der Waals surface area contributed by atoms with Gasteiger partial charge in [-0.1, -0.05) is 35.2 Å². The molecule has 1 saturated carbocycles. The Morgan fingerprint density at radius 1 is 1.00 bits per heavy atom. The molecule has 1 aromatic heterocycles. The van der Waals surface area contributed by atoms with E-state index < -0.39 is 0 Å². The molecule has 0 radical (unpaired) electrons. The molecular weight excluding hydrogens is 444 g/mol. The lowest BCUT2D eigenvalue weighted by atomic mass is 9.67. The molecule has 2 heterocycles. The van der Waals surface area contributed by atoms with Crippen molar-refractivity contribution in [3.05, 3.63) is 81.9 Å². The first-order valence-electron chi connectivity index (χ1n) is 10.9. The number of hydrogen-bond donors (Lipinski definition) is 2. The number of hydrazone groups is 1. The molecule has 5 rings (SSSR count).